The van der Waals surface area contributed by atoms with Crippen LogP contribution in [-0.2, 0) is 4.74 Å². The van der Waals surface area contributed by atoms with Crippen LogP contribution < -0.4 is 10.2 Å². The van der Waals surface area contributed by atoms with E-state index in [1.54, 1.807) is 7.11 Å². The SMILES string of the molecule is COC(C)(C)CCNc1ccccc1N(C)C. The van der Waals surface area contributed by atoms with Crippen LogP contribution in [0.5, 0.6) is 0 Å². The smallest absolute Gasteiger partial charge is 0.0639 e. The number of benzene rings is 1. The number of hydrogen-bond donors (Lipinski definition) is 1. The van der Waals surface area contributed by atoms with Crippen LogP contribution in [0.25, 0.3) is 0 Å². The summed E-state index contributed by atoms with van der Waals surface area (Å²) in [5.74, 6) is 0. The Bertz CT molecular complexity index is 348. The Hall–Kier alpha value is -1.22. The topological polar surface area (TPSA) is 24.5 Å². The van der Waals surface area contributed by atoms with Crippen molar-refractivity contribution in [3.63, 3.8) is 0 Å². The highest BCUT2D eigenvalue weighted by Gasteiger charge is 2.15. The van der Waals surface area contributed by atoms with Gasteiger partial charge in [0.2, 0.25) is 0 Å². The second-order valence-electron chi connectivity index (χ2n) is 5.05. The maximum Gasteiger partial charge on any atom is 0.0639 e. The fourth-order valence-electron chi connectivity index (χ4n) is 1.61. The maximum atomic E-state index is 5.40. The van der Waals surface area contributed by atoms with E-state index in [0.717, 1.165) is 13.0 Å². The summed E-state index contributed by atoms with van der Waals surface area (Å²) < 4.78 is 5.40. The fraction of sp³-hybridized carbons (Fsp3) is 0.571. The van der Waals surface area contributed by atoms with Gasteiger partial charge in [0.05, 0.1) is 17.0 Å². The largest absolute Gasteiger partial charge is 0.383 e. The summed E-state index contributed by atoms with van der Waals surface area (Å²) in [6, 6.07) is 8.33. The number of anilines is 2. The molecule has 0 aliphatic rings. The summed E-state index contributed by atoms with van der Waals surface area (Å²) in [4.78, 5) is 2.11. The van der Waals surface area contributed by atoms with Crippen LogP contribution in [0.3, 0.4) is 0 Å². The number of nitrogens with one attached hydrogen (secondary N) is 1. The van der Waals surface area contributed by atoms with Crippen LogP contribution >= 0.6 is 0 Å². The predicted molar refractivity (Wildman–Crippen MR) is 75.0 cm³/mol. The molecule has 0 radical (unpaired) electrons. The highest BCUT2D eigenvalue weighted by molar-refractivity contribution is 5.69. The molecule has 0 aromatic heterocycles. The molecule has 1 N–H and O–H groups in total. The third kappa shape index (κ3) is 4.27. The van der Waals surface area contributed by atoms with E-state index in [1.807, 2.05) is 0 Å². The van der Waals surface area contributed by atoms with Crippen molar-refractivity contribution < 1.29 is 4.74 Å². The van der Waals surface area contributed by atoms with Gasteiger partial charge in [-0.3, -0.25) is 0 Å². The summed E-state index contributed by atoms with van der Waals surface area (Å²) in [5.41, 5.74) is 2.31. The van der Waals surface area contributed by atoms with Crippen molar-refractivity contribution in [2.45, 2.75) is 25.9 Å². The summed E-state index contributed by atoms with van der Waals surface area (Å²) in [6.45, 7) is 5.12. The standard InChI is InChI=1S/C14H24N2O/c1-14(2,17-5)10-11-15-12-8-6-7-9-13(12)16(3)4/h6-9,15H,10-11H2,1-5H3. The molecule has 1 rings (SSSR count). The molecule has 17 heavy (non-hydrogen) atoms. The van der Waals surface area contributed by atoms with Crippen LogP contribution in [-0.4, -0.2) is 33.4 Å². The number of rotatable bonds is 6. The third-order valence-corrected chi connectivity index (χ3v) is 2.98. The Kier molecular flexibility index (Phi) is 4.82. The Morgan fingerprint density at radius 3 is 2.47 bits per heavy atom. The van der Waals surface area contributed by atoms with E-state index in [4.69, 9.17) is 4.74 Å². The molecule has 0 amide bonds. The van der Waals surface area contributed by atoms with Gasteiger partial charge in [-0.25, -0.2) is 0 Å². The molecule has 0 atom stereocenters. The molecule has 0 saturated heterocycles. The zero-order chi connectivity index (χ0) is 12.9. The fourth-order valence-corrected chi connectivity index (χ4v) is 1.61. The number of para-hydroxylation sites is 2. The van der Waals surface area contributed by atoms with Gasteiger partial charge in [0.15, 0.2) is 0 Å². The zero-order valence-electron chi connectivity index (χ0n) is 11.6. The molecule has 0 aliphatic heterocycles. The quantitative estimate of drug-likeness (QED) is 0.822. The van der Waals surface area contributed by atoms with Crippen LogP contribution in [0, 0.1) is 0 Å². The Morgan fingerprint density at radius 2 is 1.88 bits per heavy atom. The molecule has 0 fully saturated rings. The van der Waals surface area contributed by atoms with Gasteiger partial charge in [0.25, 0.3) is 0 Å². The van der Waals surface area contributed by atoms with E-state index in [2.05, 4.69) is 62.4 Å². The number of methoxy groups -OCH3 is 1. The van der Waals surface area contributed by atoms with E-state index in [-0.39, 0.29) is 5.60 Å². The molecule has 0 aliphatic carbocycles. The van der Waals surface area contributed by atoms with Crippen LogP contribution in [0.4, 0.5) is 11.4 Å². The van der Waals surface area contributed by atoms with Gasteiger partial charge < -0.3 is 15.0 Å². The molecule has 1 aromatic carbocycles. The van der Waals surface area contributed by atoms with Crippen molar-refractivity contribution in [3.05, 3.63) is 24.3 Å². The first-order chi connectivity index (χ1) is 7.96. The van der Waals surface area contributed by atoms with Gasteiger partial charge in [-0.15, -0.1) is 0 Å². The average Bonchev–Trinajstić information content (AvgIpc) is 2.29. The van der Waals surface area contributed by atoms with Crippen LogP contribution in [0.2, 0.25) is 0 Å². The first-order valence-corrected chi connectivity index (χ1v) is 6.01. The Morgan fingerprint density at radius 1 is 1.24 bits per heavy atom. The average molecular weight is 236 g/mol. The minimum Gasteiger partial charge on any atom is -0.383 e. The van der Waals surface area contributed by atoms with E-state index in [1.165, 1.54) is 11.4 Å². The van der Waals surface area contributed by atoms with Crippen molar-refractivity contribution in [1.29, 1.82) is 0 Å². The van der Waals surface area contributed by atoms with Crippen molar-refractivity contribution in [2.75, 3.05) is 38.0 Å². The lowest BCUT2D eigenvalue weighted by Gasteiger charge is -2.24. The molecule has 0 heterocycles. The molecule has 96 valence electrons. The normalized spacial score (nSPS) is 11.4. The van der Waals surface area contributed by atoms with E-state index in [0.29, 0.717) is 0 Å². The van der Waals surface area contributed by atoms with Gasteiger partial charge in [0, 0.05) is 27.7 Å². The zero-order valence-corrected chi connectivity index (χ0v) is 11.6. The number of hydrogen-bond acceptors (Lipinski definition) is 3. The minimum absolute atomic E-state index is 0.0694. The second kappa shape index (κ2) is 5.92. The Balaban J connectivity index is 2.58. The van der Waals surface area contributed by atoms with Crippen molar-refractivity contribution in [2.24, 2.45) is 0 Å². The maximum absolute atomic E-state index is 5.40. The van der Waals surface area contributed by atoms with Crippen molar-refractivity contribution in [1.82, 2.24) is 0 Å². The predicted octanol–water partition coefficient (Wildman–Crippen LogP) is 2.98. The monoisotopic (exact) mass is 236 g/mol. The molecule has 0 unspecified atom stereocenters. The van der Waals surface area contributed by atoms with Gasteiger partial charge >= 0.3 is 0 Å². The molecular weight excluding hydrogens is 212 g/mol. The lowest BCUT2D eigenvalue weighted by molar-refractivity contribution is 0.0185. The molecule has 3 heteroatoms. The molecular formula is C14H24N2O. The molecule has 0 saturated carbocycles. The molecule has 0 spiro atoms. The van der Waals surface area contributed by atoms with E-state index < -0.39 is 0 Å². The highest BCUT2D eigenvalue weighted by atomic mass is 16.5. The van der Waals surface area contributed by atoms with Crippen molar-refractivity contribution >= 4 is 11.4 Å². The summed E-state index contributed by atoms with van der Waals surface area (Å²) in [6.07, 6.45) is 0.977. The molecule has 1 aromatic rings. The van der Waals surface area contributed by atoms with Gasteiger partial charge in [0.1, 0.15) is 0 Å². The third-order valence-electron chi connectivity index (χ3n) is 2.98. The van der Waals surface area contributed by atoms with Gasteiger partial charge in [-0.1, -0.05) is 12.1 Å². The number of nitrogens with zero attached hydrogens (tertiary/aromatic N) is 1. The molecule has 0 bridgehead atoms. The van der Waals surface area contributed by atoms with E-state index >= 15 is 0 Å². The Labute approximate surface area is 105 Å². The van der Waals surface area contributed by atoms with Crippen LogP contribution in [0.1, 0.15) is 20.3 Å². The summed E-state index contributed by atoms with van der Waals surface area (Å²) >= 11 is 0. The lowest BCUT2D eigenvalue weighted by Crippen LogP contribution is -2.26. The lowest BCUT2D eigenvalue weighted by atomic mass is 10.1. The van der Waals surface area contributed by atoms with E-state index in [9.17, 15) is 0 Å². The number of ether oxygens (including phenoxy) is 1. The molecule has 3 nitrogen and oxygen atoms in total. The van der Waals surface area contributed by atoms with Gasteiger partial charge in [-0.2, -0.15) is 0 Å². The van der Waals surface area contributed by atoms with Crippen molar-refractivity contribution in [3.8, 4) is 0 Å². The summed E-state index contributed by atoms with van der Waals surface area (Å²) in [7, 11) is 5.87. The highest BCUT2D eigenvalue weighted by Crippen LogP contribution is 2.24. The van der Waals surface area contributed by atoms with Crippen LogP contribution in [0.15, 0.2) is 24.3 Å². The first kappa shape index (κ1) is 13.8. The second-order valence-corrected chi connectivity index (χ2v) is 5.05. The first-order valence-electron chi connectivity index (χ1n) is 6.01. The van der Waals surface area contributed by atoms with Gasteiger partial charge in [-0.05, 0) is 32.4 Å². The minimum atomic E-state index is -0.0694. The summed E-state index contributed by atoms with van der Waals surface area (Å²) in [5, 5.41) is 3.46.